The number of nitrogens with zero attached hydrogens (tertiary/aromatic N) is 2. The molecule has 0 bridgehead atoms. The van der Waals surface area contributed by atoms with Gasteiger partial charge < -0.3 is 14.9 Å². The topological polar surface area (TPSA) is 60.9 Å². The first-order chi connectivity index (χ1) is 7.88. The zero-order valence-corrected chi connectivity index (χ0v) is 10.5. The number of amides is 2. The SMILES string of the molecule is CC(C)(O)CCN1CC(=O)N2CCCC2C1=O. The lowest BCUT2D eigenvalue weighted by molar-refractivity contribution is -0.154. The van der Waals surface area contributed by atoms with Crippen molar-refractivity contribution < 1.29 is 14.7 Å². The van der Waals surface area contributed by atoms with Crippen LogP contribution in [0.2, 0.25) is 0 Å². The highest BCUT2D eigenvalue weighted by Gasteiger charge is 2.41. The third kappa shape index (κ3) is 2.60. The minimum Gasteiger partial charge on any atom is -0.390 e. The summed E-state index contributed by atoms with van der Waals surface area (Å²) in [5, 5.41) is 9.65. The molecule has 2 aliphatic heterocycles. The summed E-state index contributed by atoms with van der Waals surface area (Å²) in [6.45, 7) is 4.77. The second-order valence-electron chi connectivity index (χ2n) is 5.57. The number of carbonyl (C=O) groups excluding carboxylic acids is 2. The molecule has 0 aromatic heterocycles. The summed E-state index contributed by atoms with van der Waals surface area (Å²) in [4.78, 5) is 27.2. The number of hydrogen-bond donors (Lipinski definition) is 1. The molecule has 0 spiro atoms. The number of fused-ring (bicyclic) bond motifs is 1. The van der Waals surface area contributed by atoms with Gasteiger partial charge in [-0.25, -0.2) is 0 Å². The fourth-order valence-corrected chi connectivity index (χ4v) is 2.46. The molecule has 0 radical (unpaired) electrons. The fraction of sp³-hybridized carbons (Fsp3) is 0.833. The van der Waals surface area contributed by atoms with Crippen LogP contribution in [-0.2, 0) is 9.59 Å². The molecule has 2 amide bonds. The number of hydrogen-bond acceptors (Lipinski definition) is 3. The normalized spacial score (nSPS) is 25.5. The van der Waals surface area contributed by atoms with E-state index >= 15 is 0 Å². The molecule has 0 aromatic rings. The Labute approximate surface area is 101 Å². The highest BCUT2D eigenvalue weighted by molar-refractivity contribution is 5.95. The van der Waals surface area contributed by atoms with Gasteiger partial charge in [-0.15, -0.1) is 0 Å². The summed E-state index contributed by atoms with van der Waals surface area (Å²) in [5.41, 5.74) is -0.795. The van der Waals surface area contributed by atoms with Crippen LogP contribution < -0.4 is 0 Å². The van der Waals surface area contributed by atoms with Gasteiger partial charge in [0.15, 0.2) is 0 Å². The van der Waals surface area contributed by atoms with E-state index in [9.17, 15) is 14.7 Å². The summed E-state index contributed by atoms with van der Waals surface area (Å²) in [6.07, 6.45) is 2.20. The quantitative estimate of drug-likeness (QED) is 0.754. The van der Waals surface area contributed by atoms with Crippen LogP contribution in [0.5, 0.6) is 0 Å². The second kappa shape index (κ2) is 4.29. The van der Waals surface area contributed by atoms with Crippen molar-refractivity contribution >= 4 is 11.8 Å². The van der Waals surface area contributed by atoms with E-state index in [1.165, 1.54) is 0 Å². The molecule has 2 saturated heterocycles. The van der Waals surface area contributed by atoms with Gasteiger partial charge in [0.25, 0.3) is 0 Å². The van der Waals surface area contributed by atoms with Crippen LogP contribution in [0.3, 0.4) is 0 Å². The average molecular weight is 240 g/mol. The van der Waals surface area contributed by atoms with E-state index in [1.54, 1.807) is 23.6 Å². The first kappa shape index (κ1) is 12.4. The van der Waals surface area contributed by atoms with E-state index in [4.69, 9.17) is 0 Å². The number of piperazine rings is 1. The molecule has 1 N–H and O–H groups in total. The summed E-state index contributed by atoms with van der Waals surface area (Å²) in [7, 11) is 0. The number of carbonyl (C=O) groups is 2. The Kier molecular flexibility index (Phi) is 3.12. The molecule has 2 rings (SSSR count). The number of rotatable bonds is 3. The first-order valence-corrected chi connectivity index (χ1v) is 6.19. The largest absolute Gasteiger partial charge is 0.390 e. The van der Waals surface area contributed by atoms with E-state index in [1.807, 2.05) is 0 Å². The van der Waals surface area contributed by atoms with Gasteiger partial charge in [-0.3, -0.25) is 9.59 Å². The maximum absolute atomic E-state index is 12.1. The highest BCUT2D eigenvalue weighted by atomic mass is 16.3. The van der Waals surface area contributed by atoms with E-state index in [0.29, 0.717) is 19.5 Å². The predicted molar refractivity (Wildman–Crippen MR) is 62.2 cm³/mol. The van der Waals surface area contributed by atoms with Crippen LogP contribution in [-0.4, -0.2) is 58.0 Å². The van der Waals surface area contributed by atoms with Crippen molar-refractivity contribution in [3.8, 4) is 0 Å². The van der Waals surface area contributed by atoms with Gasteiger partial charge in [0.1, 0.15) is 6.04 Å². The average Bonchev–Trinajstić information content (AvgIpc) is 2.69. The van der Waals surface area contributed by atoms with Crippen molar-refractivity contribution in [1.82, 2.24) is 9.80 Å². The maximum atomic E-state index is 12.1. The van der Waals surface area contributed by atoms with Gasteiger partial charge in [0, 0.05) is 13.1 Å². The Balaban J connectivity index is 2.00. The minimum absolute atomic E-state index is 0.0443. The summed E-state index contributed by atoms with van der Waals surface area (Å²) >= 11 is 0. The Morgan fingerprint density at radius 3 is 2.76 bits per heavy atom. The molecule has 2 aliphatic rings. The molecule has 5 heteroatoms. The molecule has 1 unspecified atom stereocenters. The van der Waals surface area contributed by atoms with Crippen molar-refractivity contribution in [2.24, 2.45) is 0 Å². The Morgan fingerprint density at radius 1 is 1.41 bits per heavy atom. The Morgan fingerprint density at radius 2 is 2.12 bits per heavy atom. The number of aliphatic hydroxyl groups is 1. The molecule has 0 saturated carbocycles. The van der Waals surface area contributed by atoms with Gasteiger partial charge in [-0.2, -0.15) is 0 Å². The summed E-state index contributed by atoms with van der Waals surface area (Å²) in [6, 6.07) is -0.238. The van der Waals surface area contributed by atoms with Gasteiger partial charge >= 0.3 is 0 Å². The zero-order chi connectivity index (χ0) is 12.6. The van der Waals surface area contributed by atoms with E-state index < -0.39 is 5.60 Å². The van der Waals surface area contributed by atoms with Crippen molar-refractivity contribution in [2.45, 2.75) is 44.8 Å². The summed E-state index contributed by atoms with van der Waals surface area (Å²) in [5.74, 6) is 0.0918. The third-order valence-corrected chi connectivity index (χ3v) is 3.49. The van der Waals surface area contributed by atoms with Crippen molar-refractivity contribution in [2.75, 3.05) is 19.6 Å². The van der Waals surface area contributed by atoms with Gasteiger partial charge in [-0.1, -0.05) is 0 Å². The van der Waals surface area contributed by atoms with Gasteiger partial charge in [0.2, 0.25) is 11.8 Å². The molecule has 2 fully saturated rings. The highest BCUT2D eigenvalue weighted by Crippen LogP contribution is 2.24. The van der Waals surface area contributed by atoms with Crippen LogP contribution in [0.25, 0.3) is 0 Å². The van der Waals surface area contributed by atoms with E-state index in [-0.39, 0.29) is 24.4 Å². The van der Waals surface area contributed by atoms with E-state index in [0.717, 1.165) is 12.8 Å². The Bertz CT molecular complexity index is 335. The van der Waals surface area contributed by atoms with E-state index in [2.05, 4.69) is 0 Å². The zero-order valence-electron chi connectivity index (χ0n) is 10.5. The summed E-state index contributed by atoms with van der Waals surface area (Å²) < 4.78 is 0. The van der Waals surface area contributed by atoms with Crippen LogP contribution in [0.15, 0.2) is 0 Å². The molecular formula is C12H20N2O3. The Hall–Kier alpha value is -1.10. The lowest BCUT2D eigenvalue weighted by Gasteiger charge is -2.37. The van der Waals surface area contributed by atoms with Crippen LogP contribution >= 0.6 is 0 Å². The van der Waals surface area contributed by atoms with Crippen molar-refractivity contribution in [1.29, 1.82) is 0 Å². The standard InChI is InChI=1S/C12H20N2O3/c1-12(2,17)5-7-13-8-10(15)14-6-3-4-9(14)11(13)16/h9,17H,3-8H2,1-2H3. The molecule has 0 aromatic carbocycles. The van der Waals surface area contributed by atoms with Gasteiger partial charge in [-0.05, 0) is 33.1 Å². The van der Waals surface area contributed by atoms with Crippen LogP contribution in [0, 0.1) is 0 Å². The molecule has 96 valence electrons. The smallest absolute Gasteiger partial charge is 0.245 e. The first-order valence-electron chi connectivity index (χ1n) is 6.19. The predicted octanol–water partition coefficient (Wildman–Crippen LogP) is -0.0194. The van der Waals surface area contributed by atoms with Crippen molar-refractivity contribution in [3.63, 3.8) is 0 Å². The second-order valence-corrected chi connectivity index (χ2v) is 5.57. The molecule has 0 aliphatic carbocycles. The molecule has 17 heavy (non-hydrogen) atoms. The molecular weight excluding hydrogens is 220 g/mol. The van der Waals surface area contributed by atoms with Crippen LogP contribution in [0.1, 0.15) is 33.1 Å². The maximum Gasteiger partial charge on any atom is 0.245 e. The van der Waals surface area contributed by atoms with Crippen LogP contribution in [0.4, 0.5) is 0 Å². The van der Waals surface area contributed by atoms with Crippen molar-refractivity contribution in [3.05, 3.63) is 0 Å². The van der Waals surface area contributed by atoms with Gasteiger partial charge in [0.05, 0.1) is 12.1 Å². The third-order valence-electron chi connectivity index (χ3n) is 3.49. The molecule has 2 heterocycles. The minimum atomic E-state index is -0.795. The molecule has 1 atom stereocenters. The fourth-order valence-electron chi connectivity index (χ4n) is 2.46. The monoisotopic (exact) mass is 240 g/mol. The lowest BCUT2D eigenvalue weighted by atomic mass is 10.0. The molecule has 5 nitrogen and oxygen atoms in total. The lowest BCUT2D eigenvalue weighted by Crippen LogP contribution is -2.57.